The van der Waals surface area contributed by atoms with Gasteiger partial charge < -0.3 is 4.57 Å². The van der Waals surface area contributed by atoms with E-state index in [1.165, 1.54) is 79.7 Å². The second-order valence-electron chi connectivity index (χ2n) is 15.6. The molecule has 0 unspecified atom stereocenters. The molecule has 61 heavy (non-hydrogen) atoms. The Balaban J connectivity index is 1.06. The van der Waals surface area contributed by atoms with E-state index in [-0.39, 0.29) is 0 Å². The van der Waals surface area contributed by atoms with Gasteiger partial charge in [-0.05, 0) is 58.5 Å². The lowest BCUT2D eigenvalue weighted by Gasteiger charge is -2.12. The van der Waals surface area contributed by atoms with E-state index < -0.39 is 0 Å². The van der Waals surface area contributed by atoms with Crippen molar-refractivity contribution in [2.24, 2.45) is 0 Å². The molecule has 0 fully saturated rings. The summed E-state index contributed by atoms with van der Waals surface area (Å²) in [6, 6.07) is 72.2. The van der Waals surface area contributed by atoms with Crippen molar-refractivity contribution in [3.63, 3.8) is 0 Å². The first-order valence-electron chi connectivity index (χ1n) is 20.6. The van der Waals surface area contributed by atoms with Gasteiger partial charge in [-0.15, -0.1) is 22.7 Å². The lowest BCUT2D eigenvalue weighted by molar-refractivity contribution is 1.18. The Morgan fingerprint density at radius 3 is 1.75 bits per heavy atom. The molecular weight excluding hydrogens is 779 g/mol. The van der Waals surface area contributed by atoms with Crippen LogP contribution in [0, 0.1) is 0 Å². The SMILES string of the molecule is c1ccc(-c2cc(-c3ccccc3)c3sc4c(-c5ccc(-n6c7ccccc7c7c8sc9ccccc9c8c8ccccc8c76)cc5)nc(-c5ccccc5)nc4c3c2)cc1. The molecule has 9 aromatic carbocycles. The van der Waals surface area contributed by atoms with E-state index in [4.69, 9.17) is 9.97 Å². The summed E-state index contributed by atoms with van der Waals surface area (Å²) in [7, 11) is 0. The van der Waals surface area contributed by atoms with Crippen molar-refractivity contribution in [3.8, 4) is 50.6 Å². The average Bonchev–Trinajstić information content (AvgIpc) is 4.02. The van der Waals surface area contributed by atoms with E-state index >= 15 is 0 Å². The van der Waals surface area contributed by atoms with Gasteiger partial charge in [0.2, 0.25) is 0 Å². The van der Waals surface area contributed by atoms with Gasteiger partial charge in [0.15, 0.2) is 5.82 Å². The largest absolute Gasteiger partial charge is 0.309 e. The van der Waals surface area contributed by atoms with Crippen molar-refractivity contribution in [3.05, 3.63) is 200 Å². The Morgan fingerprint density at radius 1 is 0.377 bits per heavy atom. The highest BCUT2D eigenvalue weighted by Crippen LogP contribution is 2.49. The fourth-order valence-corrected chi connectivity index (χ4v) is 12.0. The number of hydrogen-bond acceptors (Lipinski definition) is 4. The predicted molar refractivity (Wildman–Crippen MR) is 261 cm³/mol. The van der Waals surface area contributed by atoms with Crippen molar-refractivity contribution in [1.82, 2.24) is 14.5 Å². The quantitative estimate of drug-likeness (QED) is 0.173. The van der Waals surface area contributed by atoms with Gasteiger partial charge in [-0.3, -0.25) is 0 Å². The first-order chi connectivity index (χ1) is 30.3. The maximum Gasteiger partial charge on any atom is 0.160 e. The van der Waals surface area contributed by atoms with Crippen LogP contribution in [-0.2, 0) is 0 Å². The van der Waals surface area contributed by atoms with Gasteiger partial charge in [-0.25, -0.2) is 9.97 Å². The number of thiophene rings is 2. The summed E-state index contributed by atoms with van der Waals surface area (Å²) in [5, 5.41) is 8.93. The number of rotatable bonds is 5. The van der Waals surface area contributed by atoms with Crippen molar-refractivity contribution in [2.75, 3.05) is 0 Å². The zero-order valence-electron chi connectivity index (χ0n) is 32.7. The van der Waals surface area contributed by atoms with E-state index in [0.717, 1.165) is 43.9 Å². The first kappa shape index (κ1) is 34.4. The van der Waals surface area contributed by atoms with Gasteiger partial charge in [0.25, 0.3) is 0 Å². The van der Waals surface area contributed by atoms with Crippen LogP contribution >= 0.6 is 22.7 Å². The Bertz CT molecular complexity index is 3850. The predicted octanol–water partition coefficient (Wildman–Crippen LogP) is 16.1. The molecule has 0 spiro atoms. The molecule has 5 heteroatoms. The molecular formula is C56H33N3S2. The van der Waals surface area contributed by atoms with Crippen molar-refractivity contribution >= 4 is 95.7 Å². The number of hydrogen-bond donors (Lipinski definition) is 0. The van der Waals surface area contributed by atoms with Crippen LogP contribution in [0.25, 0.3) is 124 Å². The zero-order valence-corrected chi connectivity index (χ0v) is 34.3. The molecule has 4 heterocycles. The summed E-state index contributed by atoms with van der Waals surface area (Å²) >= 11 is 3.70. The number of fused-ring (bicyclic) bond motifs is 13. The van der Waals surface area contributed by atoms with Gasteiger partial charge >= 0.3 is 0 Å². The number of nitrogens with zero attached hydrogens (tertiary/aromatic N) is 3. The Labute approximate surface area is 359 Å². The van der Waals surface area contributed by atoms with Crippen molar-refractivity contribution in [2.45, 2.75) is 0 Å². The molecule has 0 saturated carbocycles. The van der Waals surface area contributed by atoms with Crippen LogP contribution in [0.4, 0.5) is 0 Å². The molecule has 3 nitrogen and oxygen atoms in total. The standard InChI is InChI=1S/C56H33N3S2/c1-4-16-34(17-5-1)38-32-44(35-18-6-2-7-19-35)53-45(33-38)51-55(61-53)50(57-56(58-51)37-20-8-3-9-21-37)36-28-30-39(31-29-36)59-46-26-14-12-24-42(46)49-52(59)41-23-11-10-22-40(41)48-43-25-13-15-27-47(43)60-54(48)49/h1-33H. The van der Waals surface area contributed by atoms with E-state index in [2.05, 4.69) is 199 Å². The minimum Gasteiger partial charge on any atom is -0.309 e. The molecule has 0 radical (unpaired) electrons. The number of para-hydroxylation sites is 1. The minimum absolute atomic E-state index is 0.722. The number of aromatic nitrogens is 3. The van der Waals surface area contributed by atoms with Crippen LogP contribution < -0.4 is 0 Å². The van der Waals surface area contributed by atoms with Crippen LogP contribution in [0.5, 0.6) is 0 Å². The molecule has 284 valence electrons. The third-order valence-corrected chi connectivity index (χ3v) is 14.6. The second-order valence-corrected chi connectivity index (χ2v) is 17.7. The zero-order chi connectivity index (χ0) is 40.0. The summed E-state index contributed by atoms with van der Waals surface area (Å²) < 4.78 is 7.43. The van der Waals surface area contributed by atoms with Gasteiger partial charge in [-0.1, -0.05) is 164 Å². The fourth-order valence-electron chi connectivity index (χ4n) is 9.45. The van der Waals surface area contributed by atoms with E-state index in [1.54, 1.807) is 11.3 Å². The molecule has 0 N–H and O–H groups in total. The molecule has 0 atom stereocenters. The van der Waals surface area contributed by atoms with Gasteiger partial charge in [0, 0.05) is 68.8 Å². The first-order valence-corrected chi connectivity index (χ1v) is 22.2. The summed E-state index contributed by atoms with van der Waals surface area (Å²) in [5.41, 5.74) is 12.3. The van der Waals surface area contributed by atoms with Gasteiger partial charge in [0.1, 0.15) is 0 Å². The third-order valence-electron chi connectivity index (χ3n) is 12.2. The Morgan fingerprint density at radius 2 is 1.00 bits per heavy atom. The van der Waals surface area contributed by atoms with Crippen LogP contribution in [0.15, 0.2) is 200 Å². The lowest BCUT2D eigenvalue weighted by atomic mass is 9.96. The van der Waals surface area contributed by atoms with Crippen molar-refractivity contribution < 1.29 is 0 Å². The lowest BCUT2D eigenvalue weighted by Crippen LogP contribution is -1.96. The highest BCUT2D eigenvalue weighted by Gasteiger charge is 2.23. The van der Waals surface area contributed by atoms with Crippen LogP contribution in [0.2, 0.25) is 0 Å². The van der Waals surface area contributed by atoms with Crippen LogP contribution in [-0.4, -0.2) is 14.5 Å². The van der Waals surface area contributed by atoms with E-state index in [1.807, 2.05) is 17.4 Å². The molecule has 4 aromatic heterocycles. The van der Waals surface area contributed by atoms with Gasteiger partial charge in [-0.2, -0.15) is 0 Å². The highest BCUT2D eigenvalue weighted by atomic mass is 32.1. The summed E-state index contributed by atoms with van der Waals surface area (Å²) in [4.78, 5) is 10.8. The van der Waals surface area contributed by atoms with E-state index in [0.29, 0.717) is 0 Å². The molecule has 0 aliphatic rings. The molecule has 13 aromatic rings. The molecule has 13 rings (SSSR count). The molecule has 0 aliphatic heterocycles. The maximum atomic E-state index is 5.40. The van der Waals surface area contributed by atoms with Crippen LogP contribution in [0.3, 0.4) is 0 Å². The minimum atomic E-state index is 0.722. The highest BCUT2D eigenvalue weighted by molar-refractivity contribution is 7.27. The Kier molecular flexibility index (Phi) is 7.65. The summed E-state index contributed by atoms with van der Waals surface area (Å²) in [6.07, 6.45) is 0. The average molecular weight is 812 g/mol. The molecule has 0 bridgehead atoms. The van der Waals surface area contributed by atoms with Gasteiger partial charge in [0.05, 0.1) is 26.9 Å². The van der Waals surface area contributed by atoms with Crippen molar-refractivity contribution in [1.29, 1.82) is 0 Å². The topological polar surface area (TPSA) is 30.7 Å². The maximum absolute atomic E-state index is 5.40. The smallest absolute Gasteiger partial charge is 0.160 e. The van der Waals surface area contributed by atoms with E-state index in [9.17, 15) is 0 Å². The molecule has 0 aliphatic carbocycles. The summed E-state index contributed by atoms with van der Waals surface area (Å²) in [6.45, 7) is 0. The Hall–Kier alpha value is -7.44. The summed E-state index contributed by atoms with van der Waals surface area (Å²) in [5.74, 6) is 0.722. The monoisotopic (exact) mass is 811 g/mol. The third kappa shape index (κ3) is 5.28. The second kappa shape index (κ2) is 13.5. The normalized spacial score (nSPS) is 11.9. The van der Waals surface area contributed by atoms with Crippen LogP contribution in [0.1, 0.15) is 0 Å². The fraction of sp³-hybridized carbons (Fsp3) is 0. The molecule has 0 saturated heterocycles. The number of benzene rings is 9. The molecule has 0 amide bonds.